The zero-order chi connectivity index (χ0) is 3.54. The molecule has 0 bridgehead atoms. The van der Waals surface area contributed by atoms with Gasteiger partial charge in [-0.25, -0.2) is 0 Å². The van der Waals surface area contributed by atoms with Gasteiger partial charge in [-0.1, -0.05) is 0 Å². The molecule has 0 unspecified atom stereocenters. The van der Waals surface area contributed by atoms with Gasteiger partial charge in [0.05, 0.1) is 12.5 Å². The maximum atomic E-state index is 4.58. The van der Waals surface area contributed by atoms with Crippen molar-refractivity contribution in [3.05, 3.63) is 24.7 Å². The summed E-state index contributed by atoms with van der Waals surface area (Å²) in [6.45, 7) is 0. The molecular weight excluding hydrogens is 170 g/mol. The Morgan fingerprint density at radius 1 is 1.00 bits per heavy atom. The molecule has 0 aliphatic heterocycles. The van der Waals surface area contributed by atoms with Gasteiger partial charge in [0, 0.05) is 0 Å². The average molecular weight is 174 g/mol. The number of hydrogen-bond donors (Lipinski definition) is 0. The van der Waals surface area contributed by atoms with Crippen LogP contribution in [0.4, 0.5) is 0 Å². The summed E-state index contributed by atoms with van der Waals surface area (Å²) in [5.74, 6) is 0. The van der Waals surface area contributed by atoms with Gasteiger partial charge in [0.2, 0.25) is 0 Å². The van der Waals surface area contributed by atoms with Crippen molar-refractivity contribution in [3.63, 3.8) is 0 Å². The van der Waals surface area contributed by atoms with Gasteiger partial charge in [0.25, 0.3) is 0 Å². The van der Waals surface area contributed by atoms with E-state index in [0.717, 1.165) is 0 Å². The van der Waals surface area contributed by atoms with Gasteiger partial charge in [-0.15, -0.1) is 0 Å². The Labute approximate surface area is 50.0 Å². The Kier molecular flexibility index (Phi) is 3.11. The second kappa shape index (κ2) is 3.14. The van der Waals surface area contributed by atoms with E-state index in [4.69, 9.17) is 0 Å². The number of furan rings is 1. The fourth-order valence-electron chi connectivity index (χ4n) is 0.227. The summed E-state index contributed by atoms with van der Waals surface area (Å²) in [5.41, 5.74) is 0. The van der Waals surface area contributed by atoms with Crippen LogP contribution in [-0.4, -0.2) is 0 Å². The molecule has 1 aromatic rings. The monoisotopic (exact) mass is 174 g/mol. The third-order valence-corrected chi connectivity index (χ3v) is 0.425. The Bertz CT molecular complexity index is 64.0. The molecule has 0 N–H and O–H groups in total. The maximum Gasteiger partial charge on any atom is 2.00 e. The zero-order valence-corrected chi connectivity index (χ0v) is 4.59. The minimum absolute atomic E-state index is 0. The van der Waals surface area contributed by atoms with E-state index in [1.165, 1.54) is 0 Å². The van der Waals surface area contributed by atoms with Gasteiger partial charge in [0.1, 0.15) is 0 Å². The van der Waals surface area contributed by atoms with Crippen molar-refractivity contribution in [2.75, 3.05) is 0 Å². The fraction of sp³-hybridized carbons (Fsp3) is 0. The minimum Gasteiger partial charge on any atom is -0.473 e. The molecule has 0 fully saturated rings. The van der Waals surface area contributed by atoms with E-state index in [0.29, 0.717) is 0 Å². The first-order valence-electron chi connectivity index (χ1n) is 1.47. The first-order valence-corrected chi connectivity index (χ1v) is 1.47. The van der Waals surface area contributed by atoms with Crippen LogP contribution < -0.4 is 0 Å². The molecule has 34 valence electrons. The third kappa shape index (κ3) is 1.40. The molecule has 1 heterocycles. The maximum absolute atomic E-state index is 4.58. The molecule has 0 saturated carbocycles. The summed E-state index contributed by atoms with van der Waals surface area (Å²) in [7, 11) is 0. The smallest absolute Gasteiger partial charge is 0.473 e. The van der Waals surface area contributed by atoms with Crippen molar-refractivity contribution in [1.29, 1.82) is 0 Å². The molecule has 0 aliphatic carbocycles. The molecule has 0 saturated heterocycles. The van der Waals surface area contributed by atoms with Crippen LogP contribution in [0.2, 0.25) is 0 Å². The molecule has 1 nitrogen and oxygen atoms in total. The zero-order valence-electron chi connectivity index (χ0n) is 3.03. The summed E-state index contributed by atoms with van der Waals surface area (Å²) >= 11 is 0. The minimum atomic E-state index is 0. The normalized spacial score (nSPS) is 6.67. The summed E-state index contributed by atoms with van der Waals surface area (Å²) < 4.78 is 4.58. The van der Waals surface area contributed by atoms with E-state index in [9.17, 15) is 0 Å². The van der Waals surface area contributed by atoms with E-state index in [-0.39, 0.29) is 20.4 Å². The predicted molar refractivity (Wildman–Crippen MR) is 18.7 cm³/mol. The van der Waals surface area contributed by atoms with Crippen molar-refractivity contribution >= 4 is 0 Å². The van der Waals surface area contributed by atoms with Crippen LogP contribution in [0.5, 0.6) is 0 Å². The second-order valence-electron chi connectivity index (χ2n) is 0.793. The van der Waals surface area contributed by atoms with Crippen molar-refractivity contribution in [1.82, 2.24) is 0 Å². The summed E-state index contributed by atoms with van der Waals surface area (Å²) in [6.07, 6.45) is 3.25. The van der Waals surface area contributed by atoms with Gasteiger partial charge in [-0.3, -0.25) is 0 Å². The van der Waals surface area contributed by atoms with Crippen LogP contribution in [0.25, 0.3) is 0 Å². The number of rotatable bonds is 0. The van der Waals surface area contributed by atoms with Crippen molar-refractivity contribution < 1.29 is 24.8 Å². The third-order valence-electron chi connectivity index (χ3n) is 0.425. The largest absolute Gasteiger partial charge is 2.00 e. The van der Waals surface area contributed by atoms with E-state index < -0.39 is 0 Å². The van der Waals surface area contributed by atoms with Gasteiger partial charge < -0.3 is 4.42 Å². The van der Waals surface area contributed by atoms with Crippen LogP contribution in [0, 0.1) is 0 Å². The second-order valence-corrected chi connectivity index (χ2v) is 0.793. The fourth-order valence-corrected chi connectivity index (χ4v) is 0.227. The first-order chi connectivity index (χ1) is 2.50. The van der Waals surface area contributed by atoms with Crippen LogP contribution in [0.3, 0.4) is 0 Å². The van der Waals surface area contributed by atoms with E-state index in [2.05, 4.69) is 4.42 Å². The molecule has 0 aromatic carbocycles. The average Bonchev–Trinajstić information content (AvgIpc) is 1.76. The molecule has 0 atom stereocenters. The van der Waals surface area contributed by atoms with Crippen LogP contribution in [-0.2, 0) is 20.4 Å². The topological polar surface area (TPSA) is 13.1 Å². The summed E-state index contributed by atoms with van der Waals surface area (Å²) in [5, 5.41) is 0. The van der Waals surface area contributed by atoms with Gasteiger partial charge in [-0.2, -0.15) is 0 Å². The quantitative estimate of drug-likeness (QED) is 0.540. The van der Waals surface area contributed by atoms with Crippen LogP contribution in [0.1, 0.15) is 0 Å². The molecule has 1 aromatic heterocycles. The van der Waals surface area contributed by atoms with E-state index in [1.807, 2.05) is 12.1 Å². The first kappa shape index (κ1) is 5.94. The van der Waals surface area contributed by atoms with Crippen molar-refractivity contribution in [2.24, 2.45) is 0 Å². The molecule has 6 heavy (non-hydrogen) atoms. The van der Waals surface area contributed by atoms with Crippen molar-refractivity contribution in [3.8, 4) is 0 Å². The Hall–Kier alpha value is -0.0577. The Morgan fingerprint density at radius 2 is 1.50 bits per heavy atom. The summed E-state index contributed by atoms with van der Waals surface area (Å²) in [6, 6.07) is 3.67. The Morgan fingerprint density at radius 3 is 1.67 bits per heavy atom. The Balaban J connectivity index is 0.000000250. The molecule has 2 heteroatoms. The number of hydrogen-bond acceptors (Lipinski definition) is 1. The van der Waals surface area contributed by atoms with Crippen molar-refractivity contribution in [2.45, 2.75) is 0 Å². The predicted octanol–water partition coefficient (Wildman–Crippen LogP) is 1.28. The molecular formula is C4H4OPd+2. The molecule has 0 spiro atoms. The molecule has 1 rings (SSSR count). The molecule has 0 amide bonds. The SMILES string of the molecule is [Pd+2].c1ccoc1. The van der Waals surface area contributed by atoms with Crippen LogP contribution >= 0.6 is 0 Å². The standard InChI is InChI=1S/C4H4O.Pd/c1-2-4-5-3-1;/h1-4H;/q;+2. The van der Waals surface area contributed by atoms with Gasteiger partial charge >= 0.3 is 20.4 Å². The summed E-state index contributed by atoms with van der Waals surface area (Å²) in [4.78, 5) is 0. The van der Waals surface area contributed by atoms with Gasteiger partial charge in [-0.05, 0) is 12.1 Å². The van der Waals surface area contributed by atoms with Crippen LogP contribution in [0.15, 0.2) is 29.1 Å². The van der Waals surface area contributed by atoms with E-state index >= 15 is 0 Å². The molecule has 0 radical (unpaired) electrons. The van der Waals surface area contributed by atoms with E-state index in [1.54, 1.807) is 12.5 Å². The molecule has 0 aliphatic rings. The van der Waals surface area contributed by atoms with Gasteiger partial charge in [0.15, 0.2) is 0 Å².